The first-order valence-corrected chi connectivity index (χ1v) is 5.35. The first-order valence-electron chi connectivity index (χ1n) is 5.35. The van der Waals surface area contributed by atoms with Crippen LogP contribution in [0.1, 0.15) is 0 Å². The fraction of sp³-hybridized carbons (Fsp3) is 0.143. The third kappa shape index (κ3) is 2.18. The second kappa shape index (κ2) is 5.31. The molecule has 0 unspecified atom stereocenters. The molecule has 0 atom stereocenters. The molecule has 0 aromatic heterocycles. The summed E-state index contributed by atoms with van der Waals surface area (Å²) in [4.78, 5) is 0. The summed E-state index contributed by atoms with van der Waals surface area (Å²) < 4.78 is 11.4. The molecule has 2 aromatic carbocycles. The molecule has 0 amide bonds. The van der Waals surface area contributed by atoms with E-state index in [1.807, 2.05) is 0 Å². The van der Waals surface area contributed by atoms with Crippen molar-refractivity contribution in [3.63, 3.8) is 0 Å². The number of hydrogen-bond acceptors (Lipinski definition) is 2. The van der Waals surface area contributed by atoms with E-state index in [4.69, 9.17) is 9.47 Å². The van der Waals surface area contributed by atoms with Crippen LogP contribution in [0.4, 0.5) is 11.4 Å². The summed E-state index contributed by atoms with van der Waals surface area (Å²) >= 11 is 0. The fourth-order valence-electron chi connectivity index (χ4n) is 1.62. The van der Waals surface area contributed by atoms with Gasteiger partial charge in [-0.05, 0) is 36.4 Å². The van der Waals surface area contributed by atoms with Crippen LogP contribution in [0, 0.1) is 12.1 Å². The van der Waals surface area contributed by atoms with Crippen molar-refractivity contribution in [2.24, 2.45) is 0 Å². The van der Waals surface area contributed by atoms with Crippen molar-refractivity contribution in [3.8, 4) is 11.5 Å². The van der Waals surface area contributed by atoms with Crippen LogP contribution in [0.15, 0.2) is 36.4 Å². The Balaban J connectivity index is 2.48. The topological polar surface area (TPSA) is 43.8 Å². The molecule has 2 radical (unpaired) electrons. The lowest BCUT2D eigenvalue weighted by molar-refractivity contribution is 0.409. The summed E-state index contributed by atoms with van der Waals surface area (Å²) in [6.07, 6.45) is 0. The average Bonchev–Trinajstić information content (AvgIpc) is 2.46. The molecule has 0 fully saturated rings. The van der Waals surface area contributed by atoms with Gasteiger partial charge in [-0.2, -0.15) is 0 Å². The Labute approximate surface area is 106 Å². The zero-order chi connectivity index (χ0) is 13.0. The van der Waals surface area contributed by atoms with Crippen molar-refractivity contribution in [2.45, 2.75) is 0 Å². The van der Waals surface area contributed by atoms with Crippen LogP contribution >= 0.6 is 0 Å². The number of ether oxygens (including phenoxy) is 2. The van der Waals surface area contributed by atoms with Crippen molar-refractivity contribution in [1.82, 2.24) is 4.70 Å². The van der Waals surface area contributed by atoms with Crippen LogP contribution in [0.3, 0.4) is 0 Å². The van der Waals surface area contributed by atoms with Crippen LogP contribution in [0.25, 0.3) is 5.53 Å². The highest BCUT2D eigenvalue weighted by Crippen LogP contribution is 2.34. The first kappa shape index (κ1) is 12.1. The molecule has 2 rings (SSSR count). The smallest absolute Gasteiger partial charge is 0.242 e. The zero-order valence-corrected chi connectivity index (χ0v) is 10.2. The number of rotatable bonds is 4. The van der Waals surface area contributed by atoms with E-state index in [1.165, 1.54) is 14.2 Å². The van der Waals surface area contributed by atoms with E-state index in [0.29, 0.717) is 22.9 Å². The molecular weight excluding hydrogens is 228 g/mol. The molecule has 0 aliphatic heterocycles. The van der Waals surface area contributed by atoms with Crippen LogP contribution in [0.2, 0.25) is 0 Å². The molecule has 0 aliphatic rings. The van der Waals surface area contributed by atoms with E-state index >= 15 is 0 Å². The molecular formula is C14H12N2O2. The van der Waals surface area contributed by atoms with Gasteiger partial charge in [-0.1, -0.05) is 0 Å². The third-order valence-corrected chi connectivity index (χ3v) is 2.50. The average molecular weight is 240 g/mol. The van der Waals surface area contributed by atoms with Gasteiger partial charge in [0.05, 0.1) is 14.2 Å². The maximum Gasteiger partial charge on any atom is 0.242 e. The Bertz CT molecular complexity index is 518. The van der Waals surface area contributed by atoms with Crippen LogP contribution in [-0.2, 0) is 0 Å². The number of hydrogen-bond donors (Lipinski definition) is 0. The summed E-state index contributed by atoms with van der Waals surface area (Å²) in [6, 6.07) is 15.9. The molecule has 2 aromatic rings. The van der Waals surface area contributed by atoms with Crippen LogP contribution < -0.4 is 14.2 Å². The zero-order valence-electron chi connectivity index (χ0n) is 10.2. The summed E-state index contributed by atoms with van der Waals surface area (Å²) in [7, 11) is 3.08. The molecule has 90 valence electrons. The highest BCUT2D eigenvalue weighted by atomic mass is 16.5. The Hall–Kier alpha value is -2.36. The lowest BCUT2D eigenvalue weighted by Gasteiger charge is -2.11. The standard InChI is InChI=1S/C14H12N2O2/c1-17-13-9-5-3-7-11(13)16(15)12-8-4-6-10-14(12)18-2/h3-4,7-10H,1-2H3. The molecule has 0 bridgehead atoms. The monoisotopic (exact) mass is 240 g/mol. The van der Waals surface area contributed by atoms with Gasteiger partial charge in [0.15, 0.2) is 11.5 Å². The molecule has 0 spiro atoms. The van der Waals surface area contributed by atoms with Gasteiger partial charge < -0.3 is 15.0 Å². The number of methoxy groups -OCH3 is 2. The van der Waals surface area contributed by atoms with Gasteiger partial charge >= 0.3 is 0 Å². The lowest BCUT2D eigenvalue weighted by atomic mass is 10.2. The van der Waals surface area contributed by atoms with E-state index in [-0.39, 0.29) is 0 Å². The van der Waals surface area contributed by atoms with E-state index in [1.54, 1.807) is 36.4 Å². The van der Waals surface area contributed by atoms with Crippen molar-refractivity contribution >= 4 is 11.4 Å². The van der Waals surface area contributed by atoms with Crippen molar-refractivity contribution in [1.29, 1.82) is 0 Å². The molecule has 4 heteroatoms. The Kier molecular flexibility index (Phi) is 3.57. The van der Waals surface area contributed by atoms with Gasteiger partial charge in [0, 0.05) is 12.1 Å². The van der Waals surface area contributed by atoms with Gasteiger partial charge in [0.25, 0.3) is 0 Å². The van der Waals surface area contributed by atoms with Gasteiger partial charge in [0.2, 0.25) is 11.4 Å². The van der Waals surface area contributed by atoms with Crippen molar-refractivity contribution in [3.05, 3.63) is 54.1 Å². The molecule has 18 heavy (non-hydrogen) atoms. The second-order valence-corrected chi connectivity index (χ2v) is 3.51. The quantitative estimate of drug-likeness (QED) is 0.608. The first-order chi connectivity index (χ1) is 8.77. The number of nitrogens with zero attached hydrogens (tertiary/aromatic N) is 2. The largest absolute Gasteiger partial charge is 0.493 e. The fourth-order valence-corrected chi connectivity index (χ4v) is 1.62. The lowest BCUT2D eigenvalue weighted by Crippen LogP contribution is -2.01. The van der Waals surface area contributed by atoms with Crippen molar-refractivity contribution < 1.29 is 9.47 Å². The Morgan fingerprint density at radius 1 is 0.944 bits per heavy atom. The molecule has 0 saturated carbocycles. The van der Waals surface area contributed by atoms with Gasteiger partial charge in [-0.25, -0.2) is 4.70 Å². The predicted octanol–water partition coefficient (Wildman–Crippen LogP) is 3.16. The minimum atomic E-state index is 0.515. The highest BCUT2D eigenvalue weighted by molar-refractivity contribution is 5.63. The predicted molar refractivity (Wildman–Crippen MR) is 68.5 cm³/mol. The minimum Gasteiger partial charge on any atom is -0.493 e. The second-order valence-electron chi connectivity index (χ2n) is 3.51. The van der Waals surface area contributed by atoms with Gasteiger partial charge in [-0.3, -0.25) is 0 Å². The normalized spacial score (nSPS) is 9.89. The maximum atomic E-state index is 10.3. The molecule has 0 saturated heterocycles. The third-order valence-electron chi connectivity index (χ3n) is 2.50. The van der Waals surface area contributed by atoms with E-state index in [9.17, 15) is 5.53 Å². The highest BCUT2D eigenvalue weighted by Gasteiger charge is 2.16. The summed E-state index contributed by atoms with van der Waals surface area (Å²) in [5.41, 5.74) is 11.3. The van der Waals surface area contributed by atoms with Gasteiger partial charge in [0.1, 0.15) is 0 Å². The Morgan fingerprint density at radius 2 is 1.39 bits per heavy atom. The van der Waals surface area contributed by atoms with E-state index in [2.05, 4.69) is 12.1 Å². The van der Waals surface area contributed by atoms with E-state index < -0.39 is 0 Å². The van der Waals surface area contributed by atoms with E-state index in [0.717, 1.165) is 4.70 Å². The summed E-state index contributed by atoms with van der Waals surface area (Å²) in [5, 5.41) is 0. The Morgan fingerprint density at radius 3 is 1.78 bits per heavy atom. The van der Waals surface area contributed by atoms with Crippen LogP contribution in [-0.4, -0.2) is 14.2 Å². The van der Waals surface area contributed by atoms with Gasteiger partial charge in [-0.15, -0.1) is 0 Å². The van der Waals surface area contributed by atoms with Crippen LogP contribution in [0.5, 0.6) is 11.5 Å². The maximum absolute atomic E-state index is 10.3. The number of benzene rings is 2. The molecule has 4 nitrogen and oxygen atoms in total. The SMILES string of the molecule is COc1c[c]ccc1[N+](=[N-])c1cc[c]cc1OC. The van der Waals surface area contributed by atoms with Crippen molar-refractivity contribution in [2.75, 3.05) is 14.2 Å². The summed E-state index contributed by atoms with van der Waals surface area (Å²) in [5.74, 6) is 1.05. The molecule has 0 N–H and O–H groups in total. The molecule has 0 heterocycles. The minimum absolute atomic E-state index is 0.515. The molecule has 0 aliphatic carbocycles. The summed E-state index contributed by atoms with van der Waals surface area (Å²) in [6.45, 7) is 0.